The van der Waals surface area contributed by atoms with Crippen molar-refractivity contribution in [2.24, 2.45) is 5.92 Å². The summed E-state index contributed by atoms with van der Waals surface area (Å²) >= 11 is 0. The van der Waals surface area contributed by atoms with Crippen LogP contribution in [0.2, 0.25) is 0 Å². The Morgan fingerprint density at radius 3 is 2.62 bits per heavy atom. The smallest absolute Gasteiger partial charge is 0.120 e. The number of hydrogen-bond acceptors (Lipinski definition) is 3. The minimum Gasteiger partial charge on any atom is -0.490 e. The molecule has 0 spiro atoms. The normalized spacial score (nSPS) is 18.3. The van der Waals surface area contributed by atoms with E-state index in [0.717, 1.165) is 44.0 Å². The van der Waals surface area contributed by atoms with Crippen LogP contribution in [-0.4, -0.2) is 29.1 Å². The molecule has 26 heavy (non-hydrogen) atoms. The molecule has 0 atom stereocenters. The Kier molecular flexibility index (Phi) is 4.13. The van der Waals surface area contributed by atoms with Gasteiger partial charge in [0.15, 0.2) is 0 Å². The average molecular weight is 348 g/mol. The van der Waals surface area contributed by atoms with E-state index < -0.39 is 0 Å². The summed E-state index contributed by atoms with van der Waals surface area (Å²) in [4.78, 5) is 0. The van der Waals surface area contributed by atoms with E-state index in [2.05, 4.69) is 53.3 Å². The Morgan fingerprint density at radius 2 is 1.77 bits per heavy atom. The summed E-state index contributed by atoms with van der Waals surface area (Å²) < 4.78 is 13.4. The lowest BCUT2D eigenvalue weighted by atomic mass is 10.0. The highest BCUT2D eigenvalue weighted by Gasteiger charge is 2.23. The van der Waals surface area contributed by atoms with Gasteiger partial charge < -0.3 is 9.47 Å². The number of fused-ring (bicyclic) bond motifs is 1. The van der Waals surface area contributed by atoms with Crippen LogP contribution in [-0.2, 0) is 11.3 Å². The van der Waals surface area contributed by atoms with Crippen LogP contribution in [0.5, 0.6) is 5.75 Å². The highest BCUT2D eigenvalue weighted by Crippen LogP contribution is 2.30. The molecule has 0 radical (unpaired) electrons. The van der Waals surface area contributed by atoms with Crippen LogP contribution in [0.15, 0.2) is 48.7 Å². The number of nitrogens with zero attached hydrogens (tertiary/aromatic N) is 2. The topological polar surface area (TPSA) is 36.3 Å². The molecule has 1 saturated heterocycles. The molecule has 2 aromatic carbocycles. The van der Waals surface area contributed by atoms with E-state index in [0.29, 0.717) is 12.0 Å². The zero-order chi connectivity index (χ0) is 17.3. The molecule has 4 nitrogen and oxygen atoms in total. The summed E-state index contributed by atoms with van der Waals surface area (Å²) in [6.45, 7) is 2.75. The van der Waals surface area contributed by atoms with Crippen molar-refractivity contribution in [3.63, 3.8) is 0 Å². The van der Waals surface area contributed by atoms with Gasteiger partial charge in [-0.2, -0.15) is 5.10 Å². The van der Waals surface area contributed by atoms with Gasteiger partial charge >= 0.3 is 0 Å². The fourth-order valence-corrected chi connectivity index (χ4v) is 3.65. The number of benzene rings is 2. The van der Waals surface area contributed by atoms with Crippen LogP contribution in [0.25, 0.3) is 22.0 Å². The van der Waals surface area contributed by atoms with E-state index in [1.165, 1.54) is 29.2 Å². The van der Waals surface area contributed by atoms with E-state index >= 15 is 0 Å². The SMILES string of the molecule is c1cc2cc(-c3ccn(CC4CCOCC4)n3)ccc2cc1OC1CC1. The third kappa shape index (κ3) is 3.47. The van der Waals surface area contributed by atoms with Crippen molar-refractivity contribution in [1.82, 2.24) is 9.78 Å². The average Bonchev–Trinajstić information content (AvgIpc) is 3.37. The van der Waals surface area contributed by atoms with Gasteiger partial charge in [0, 0.05) is 31.5 Å². The predicted octanol–water partition coefficient (Wildman–Crippen LogP) is 4.67. The Bertz CT molecular complexity index is 907. The first kappa shape index (κ1) is 15.9. The van der Waals surface area contributed by atoms with E-state index in [4.69, 9.17) is 14.6 Å². The van der Waals surface area contributed by atoms with E-state index in [-0.39, 0.29) is 0 Å². The summed E-state index contributed by atoms with van der Waals surface area (Å²) in [6.07, 6.45) is 7.18. The standard InChI is InChI=1S/C22H24N2O2/c1-2-19(13-17-3-4-21(14-18(1)17)26-20-5-6-20)22-7-10-24(23-22)15-16-8-11-25-12-9-16/h1-4,7,10,13-14,16,20H,5-6,8-9,11-12,15H2. The first-order chi connectivity index (χ1) is 12.8. The maximum atomic E-state index is 5.90. The largest absolute Gasteiger partial charge is 0.490 e. The maximum absolute atomic E-state index is 5.90. The molecule has 134 valence electrons. The highest BCUT2D eigenvalue weighted by molar-refractivity contribution is 5.87. The van der Waals surface area contributed by atoms with Crippen molar-refractivity contribution >= 4 is 10.8 Å². The molecule has 1 aliphatic carbocycles. The van der Waals surface area contributed by atoms with Gasteiger partial charge in [-0.25, -0.2) is 0 Å². The van der Waals surface area contributed by atoms with Crippen LogP contribution >= 0.6 is 0 Å². The van der Waals surface area contributed by atoms with Gasteiger partial charge in [-0.05, 0) is 66.6 Å². The minimum absolute atomic E-state index is 0.436. The van der Waals surface area contributed by atoms with Crippen LogP contribution in [0.3, 0.4) is 0 Å². The van der Waals surface area contributed by atoms with Crippen molar-refractivity contribution in [2.75, 3.05) is 13.2 Å². The van der Waals surface area contributed by atoms with Crippen molar-refractivity contribution in [1.29, 1.82) is 0 Å². The second-order valence-corrected chi connectivity index (χ2v) is 7.52. The molecule has 0 N–H and O–H groups in total. The molecule has 4 heteroatoms. The Hall–Kier alpha value is -2.33. The van der Waals surface area contributed by atoms with Crippen LogP contribution in [0, 0.1) is 5.92 Å². The van der Waals surface area contributed by atoms with Crippen molar-refractivity contribution in [3.05, 3.63) is 48.7 Å². The lowest BCUT2D eigenvalue weighted by molar-refractivity contribution is 0.0602. The van der Waals surface area contributed by atoms with Crippen molar-refractivity contribution < 1.29 is 9.47 Å². The second kappa shape index (κ2) is 6.76. The summed E-state index contributed by atoms with van der Waals surface area (Å²) in [5.74, 6) is 1.66. The Morgan fingerprint density at radius 1 is 0.962 bits per heavy atom. The Balaban J connectivity index is 1.34. The monoisotopic (exact) mass is 348 g/mol. The molecule has 2 fully saturated rings. The molecule has 0 bridgehead atoms. The van der Waals surface area contributed by atoms with Gasteiger partial charge in [-0.1, -0.05) is 18.2 Å². The Labute approximate surface area is 153 Å². The summed E-state index contributed by atoms with van der Waals surface area (Å²) in [5, 5.41) is 7.24. The van der Waals surface area contributed by atoms with E-state index in [1.54, 1.807) is 0 Å². The molecule has 1 aromatic heterocycles. The highest BCUT2D eigenvalue weighted by atomic mass is 16.5. The number of ether oxygens (including phenoxy) is 2. The number of aromatic nitrogens is 2. The van der Waals surface area contributed by atoms with Crippen molar-refractivity contribution in [3.8, 4) is 17.0 Å². The fourth-order valence-electron chi connectivity index (χ4n) is 3.65. The van der Waals surface area contributed by atoms with Crippen LogP contribution in [0.4, 0.5) is 0 Å². The lowest BCUT2D eigenvalue weighted by Gasteiger charge is -2.21. The van der Waals surface area contributed by atoms with Gasteiger partial charge in [-0.15, -0.1) is 0 Å². The maximum Gasteiger partial charge on any atom is 0.120 e. The first-order valence-corrected chi connectivity index (χ1v) is 9.65. The van der Waals surface area contributed by atoms with Crippen LogP contribution < -0.4 is 4.74 Å². The number of hydrogen-bond donors (Lipinski definition) is 0. The zero-order valence-electron chi connectivity index (χ0n) is 14.9. The summed E-state index contributed by atoms with van der Waals surface area (Å²) in [5.41, 5.74) is 2.20. The molecular weight excluding hydrogens is 324 g/mol. The molecule has 2 heterocycles. The molecule has 1 saturated carbocycles. The molecule has 0 unspecified atom stereocenters. The van der Waals surface area contributed by atoms with Crippen LogP contribution in [0.1, 0.15) is 25.7 Å². The lowest BCUT2D eigenvalue weighted by Crippen LogP contribution is -2.20. The van der Waals surface area contributed by atoms with E-state index in [9.17, 15) is 0 Å². The third-order valence-corrected chi connectivity index (χ3v) is 5.36. The molecule has 2 aliphatic rings. The molecule has 1 aliphatic heterocycles. The number of rotatable bonds is 5. The summed E-state index contributed by atoms with van der Waals surface area (Å²) in [6, 6.07) is 15.0. The van der Waals surface area contributed by atoms with Gasteiger partial charge in [0.2, 0.25) is 0 Å². The minimum atomic E-state index is 0.436. The zero-order valence-corrected chi connectivity index (χ0v) is 14.9. The van der Waals surface area contributed by atoms with Gasteiger partial charge in [0.25, 0.3) is 0 Å². The quantitative estimate of drug-likeness (QED) is 0.672. The molecule has 3 aromatic rings. The first-order valence-electron chi connectivity index (χ1n) is 9.65. The third-order valence-electron chi connectivity index (χ3n) is 5.36. The predicted molar refractivity (Wildman–Crippen MR) is 102 cm³/mol. The summed E-state index contributed by atoms with van der Waals surface area (Å²) in [7, 11) is 0. The van der Waals surface area contributed by atoms with Gasteiger partial charge in [0.1, 0.15) is 5.75 Å². The van der Waals surface area contributed by atoms with Gasteiger partial charge in [0.05, 0.1) is 11.8 Å². The fraction of sp³-hybridized carbons (Fsp3) is 0.409. The molecule has 0 amide bonds. The molecule has 5 rings (SSSR count). The van der Waals surface area contributed by atoms with Gasteiger partial charge in [-0.3, -0.25) is 4.68 Å². The van der Waals surface area contributed by atoms with Crippen molar-refractivity contribution in [2.45, 2.75) is 38.3 Å². The van der Waals surface area contributed by atoms with E-state index in [1.807, 2.05) is 0 Å². The molecular formula is C22H24N2O2. The second-order valence-electron chi connectivity index (χ2n) is 7.52.